The highest BCUT2D eigenvalue weighted by Crippen LogP contribution is 2.39. The molecule has 116 valence electrons. The summed E-state index contributed by atoms with van der Waals surface area (Å²) in [6, 6.07) is 0.0606. The van der Waals surface area contributed by atoms with Crippen molar-refractivity contribution in [3.63, 3.8) is 0 Å². The molecular weight excluding hydrogens is 292 g/mol. The van der Waals surface area contributed by atoms with Crippen LogP contribution in [0.1, 0.15) is 60.9 Å². The highest BCUT2D eigenvalue weighted by atomic mass is 32.1. The third kappa shape index (κ3) is 2.07. The molecular formula is C17H22N4S. The summed E-state index contributed by atoms with van der Waals surface area (Å²) in [5, 5.41) is 9.93. The van der Waals surface area contributed by atoms with Crippen LogP contribution in [0.5, 0.6) is 0 Å². The summed E-state index contributed by atoms with van der Waals surface area (Å²) < 4.78 is 2.20. The maximum absolute atomic E-state index is 5.07. The molecule has 3 rings (SSSR count). The summed E-state index contributed by atoms with van der Waals surface area (Å²) in [7, 11) is 0. The Hall–Kier alpha value is -1.75. The van der Waals surface area contributed by atoms with Gasteiger partial charge < -0.3 is 0 Å². The van der Waals surface area contributed by atoms with E-state index in [0.717, 1.165) is 23.8 Å². The van der Waals surface area contributed by atoms with Crippen molar-refractivity contribution >= 4 is 17.0 Å². The van der Waals surface area contributed by atoms with Gasteiger partial charge in [-0.05, 0) is 52.2 Å². The van der Waals surface area contributed by atoms with Crippen molar-refractivity contribution in [2.75, 3.05) is 0 Å². The molecule has 22 heavy (non-hydrogen) atoms. The molecule has 3 heterocycles. The van der Waals surface area contributed by atoms with Crippen LogP contribution < -0.4 is 0 Å². The molecule has 0 aliphatic carbocycles. The fraction of sp³-hybridized carbons (Fsp3) is 0.471. The normalized spacial score (nSPS) is 17.8. The first-order chi connectivity index (χ1) is 10.5. The SMILES string of the molecule is C/C=C(\C)C1=N[C@@H](CC)c2nnc(C)n2-c2sc(C)c(C)c21. The molecule has 5 heteroatoms. The lowest BCUT2D eigenvalue weighted by Crippen LogP contribution is -2.06. The number of fused-ring (bicyclic) bond motifs is 3. The number of aromatic nitrogens is 3. The maximum atomic E-state index is 5.07. The highest BCUT2D eigenvalue weighted by molar-refractivity contribution is 7.15. The molecule has 0 saturated carbocycles. The predicted molar refractivity (Wildman–Crippen MR) is 92.4 cm³/mol. The van der Waals surface area contributed by atoms with Crippen LogP contribution in [0.4, 0.5) is 0 Å². The van der Waals surface area contributed by atoms with Crippen LogP contribution in [0.25, 0.3) is 5.00 Å². The summed E-state index contributed by atoms with van der Waals surface area (Å²) >= 11 is 1.81. The second-order valence-electron chi connectivity index (χ2n) is 5.78. The standard InChI is InChI=1S/C17H22N4S/c1-7-9(3)15-14-10(4)11(5)22-17(14)21-12(6)19-20-16(21)13(8-2)18-15/h7,13H,8H2,1-6H3/b9-7+/t13-/m0/s1. The van der Waals surface area contributed by atoms with E-state index in [4.69, 9.17) is 4.99 Å². The molecule has 0 N–H and O–H groups in total. The van der Waals surface area contributed by atoms with Crippen molar-refractivity contribution < 1.29 is 0 Å². The van der Waals surface area contributed by atoms with Gasteiger partial charge >= 0.3 is 0 Å². The molecule has 0 radical (unpaired) electrons. The molecule has 2 aromatic heterocycles. The molecule has 1 aliphatic rings. The fourth-order valence-electron chi connectivity index (χ4n) is 2.88. The smallest absolute Gasteiger partial charge is 0.163 e. The van der Waals surface area contributed by atoms with Gasteiger partial charge in [0.25, 0.3) is 0 Å². The minimum Gasteiger partial charge on any atom is -0.273 e. The zero-order valence-corrected chi connectivity index (χ0v) is 14.9. The molecule has 1 aliphatic heterocycles. The average molecular weight is 314 g/mol. The van der Waals surface area contributed by atoms with Gasteiger partial charge in [0.1, 0.15) is 16.9 Å². The van der Waals surface area contributed by atoms with Crippen molar-refractivity contribution in [2.24, 2.45) is 4.99 Å². The Bertz CT molecular complexity index is 792. The number of aliphatic imine (C=N–C) groups is 1. The van der Waals surface area contributed by atoms with Crippen LogP contribution in [0.15, 0.2) is 16.6 Å². The summed E-state index contributed by atoms with van der Waals surface area (Å²) in [6.45, 7) is 12.8. The Morgan fingerprint density at radius 3 is 2.64 bits per heavy atom. The molecule has 0 unspecified atom stereocenters. The number of allylic oxidation sites excluding steroid dienone is 2. The summed E-state index contributed by atoms with van der Waals surface area (Å²) in [5.41, 5.74) is 4.89. The van der Waals surface area contributed by atoms with E-state index in [2.05, 4.69) is 55.5 Å². The Balaban J connectivity index is 2.41. The van der Waals surface area contributed by atoms with E-state index < -0.39 is 0 Å². The molecule has 2 aromatic rings. The van der Waals surface area contributed by atoms with E-state index in [9.17, 15) is 0 Å². The van der Waals surface area contributed by atoms with Gasteiger partial charge in [-0.3, -0.25) is 9.56 Å². The largest absolute Gasteiger partial charge is 0.273 e. The zero-order valence-electron chi connectivity index (χ0n) is 14.1. The second kappa shape index (κ2) is 5.47. The van der Waals surface area contributed by atoms with E-state index in [1.54, 1.807) is 0 Å². The minimum atomic E-state index is 0.0606. The number of hydrogen-bond donors (Lipinski definition) is 0. The molecule has 0 fully saturated rings. The molecule has 0 bridgehead atoms. The molecule has 1 atom stereocenters. The maximum Gasteiger partial charge on any atom is 0.163 e. The van der Waals surface area contributed by atoms with Gasteiger partial charge in [0.2, 0.25) is 0 Å². The number of hydrogen-bond acceptors (Lipinski definition) is 4. The van der Waals surface area contributed by atoms with E-state index in [-0.39, 0.29) is 6.04 Å². The summed E-state index contributed by atoms with van der Waals surface area (Å²) in [4.78, 5) is 6.40. The van der Waals surface area contributed by atoms with E-state index in [1.807, 2.05) is 18.3 Å². The van der Waals surface area contributed by atoms with Gasteiger partial charge in [-0.1, -0.05) is 13.0 Å². The number of thiophene rings is 1. The third-order valence-corrected chi connectivity index (χ3v) is 5.63. The van der Waals surface area contributed by atoms with E-state index >= 15 is 0 Å². The fourth-order valence-corrected chi connectivity index (χ4v) is 4.09. The second-order valence-corrected chi connectivity index (χ2v) is 6.98. The van der Waals surface area contributed by atoms with Gasteiger partial charge in [-0.15, -0.1) is 21.5 Å². The lowest BCUT2D eigenvalue weighted by molar-refractivity contribution is 0.640. The van der Waals surface area contributed by atoms with Crippen LogP contribution in [-0.4, -0.2) is 20.5 Å². The third-order valence-electron chi connectivity index (χ3n) is 4.43. The number of aryl methyl sites for hydroxylation is 2. The average Bonchev–Trinajstić information content (AvgIpc) is 2.97. The van der Waals surface area contributed by atoms with Crippen LogP contribution in [0.3, 0.4) is 0 Å². The number of rotatable bonds is 2. The topological polar surface area (TPSA) is 43.1 Å². The lowest BCUT2D eigenvalue weighted by atomic mass is 10.0. The lowest BCUT2D eigenvalue weighted by Gasteiger charge is -2.10. The van der Waals surface area contributed by atoms with Gasteiger partial charge in [0.05, 0.1) is 5.71 Å². The summed E-state index contributed by atoms with van der Waals surface area (Å²) in [5.74, 6) is 1.90. The summed E-state index contributed by atoms with van der Waals surface area (Å²) in [6.07, 6.45) is 3.06. The van der Waals surface area contributed by atoms with Crippen molar-refractivity contribution in [3.05, 3.63) is 39.3 Å². The Kier molecular flexibility index (Phi) is 3.77. The van der Waals surface area contributed by atoms with Gasteiger partial charge in [0.15, 0.2) is 5.82 Å². The van der Waals surface area contributed by atoms with E-state index in [1.165, 1.54) is 26.6 Å². The quantitative estimate of drug-likeness (QED) is 0.820. The first-order valence-corrected chi connectivity index (χ1v) is 8.54. The van der Waals surface area contributed by atoms with Crippen LogP contribution in [0, 0.1) is 20.8 Å². The van der Waals surface area contributed by atoms with Gasteiger partial charge in [-0.25, -0.2) is 0 Å². The Morgan fingerprint density at radius 2 is 2.00 bits per heavy atom. The first kappa shape index (κ1) is 15.2. The van der Waals surface area contributed by atoms with Crippen molar-refractivity contribution in [1.82, 2.24) is 14.8 Å². The van der Waals surface area contributed by atoms with Crippen molar-refractivity contribution in [3.8, 4) is 5.00 Å². The van der Waals surface area contributed by atoms with Gasteiger partial charge in [-0.2, -0.15) is 0 Å². The molecule has 0 saturated heterocycles. The van der Waals surface area contributed by atoms with Crippen molar-refractivity contribution in [2.45, 2.75) is 54.0 Å². The van der Waals surface area contributed by atoms with Crippen molar-refractivity contribution in [1.29, 1.82) is 0 Å². The Morgan fingerprint density at radius 1 is 1.27 bits per heavy atom. The molecule has 0 aromatic carbocycles. The van der Waals surface area contributed by atoms with Crippen LogP contribution in [0.2, 0.25) is 0 Å². The van der Waals surface area contributed by atoms with Gasteiger partial charge in [0, 0.05) is 10.4 Å². The zero-order chi connectivity index (χ0) is 16.0. The molecule has 4 nitrogen and oxygen atoms in total. The predicted octanol–water partition coefficient (Wildman–Crippen LogP) is 4.47. The Labute approximate surface area is 135 Å². The monoisotopic (exact) mass is 314 g/mol. The van der Waals surface area contributed by atoms with Crippen LogP contribution in [-0.2, 0) is 0 Å². The molecule has 0 spiro atoms. The van der Waals surface area contributed by atoms with Crippen LogP contribution >= 0.6 is 11.3 Å². The molecule has 0 amide bonds. The number of nitrogens with zero attached hydrogens (tertiary/aromatic N) is 4. The first-order valence-electron chi connectivity index (χ1n) is 7.73. The minimum absolute atomic E-state index is 0.0606. The highest BCUT2D eigenvalue weighted by Gasteiger charge is 2.30. The van der Waals surface area contributed by atoms with E-state index in [0.29, 0.717) is 0 Å².